The molecule has 0 saturated carbocycles. The van der Waals surface area contributed by atoms with Crippen molar-refractivity contribution in [3.05, 3.63) is 60.4 Å². The van der Waals surface area contributed by atoms with Crippen LogP contribution in [0.15, 0.2) is 54.7 Å². The Morgan fingerprint density at radius 2 is 1.90 bits per heavy atom. The first kappa shape index (κ1) is 12.5. The van der Waals surface area contributed by atoms with E-state index in [1.165, 1.54) is 5.39 Å². The molecule has 3 rings (SSSR count). The number of aryl methyl sites for hydroxylation is 1. The first-order chi connectivity index (χ1) is 9.76. The average molecular weight is 264 g/mol. The van der Waals surface area contributed by atoms with Gasteiger partial charge in [-0.3, -0.25) is 4.98 Å². The largest absolute Gasteiger partial charge is 0.497 e. The van der Waals surface area contributed by atoms with E-state index in [4.69, 9.17) is 4.74 Å². The van der Waals surface area contributed by atoms with Crippen LogP contribution in [-0.4, -0.2) is 12.1 Å². The minimum Gasteiger partial charge on any atom is -0.497 e. The Bertz CT molecular complexity index is 753. The number of ether oxygens (including phenoxy) is 1. The Balaban J connectivity index is 2.03. The third-order valence-electron chi connectivity index (χ3n) is 3.25. The van der Waals surface area contributed by atoms with Crippen LogP contribution in [0, 0.1) is 6.92 Å². The van der Waals surface area contributed by atoms with E-state index in [0.29, 0.717) is 0 Å². The van der Waals surface area contributed by atoms with Crippen molar-refractivity contribution in [1.29, 1.82) is 0 Å². The molecule has 0 aliphatic heterocycles. The van der Waals surface area contributed by atoms with E-state index in [0.717, 1.165) is 28.2 Å². The zero-order chi connectivity index (χ0) is 13.9. The number of anilines is 2. The number of benzene rings is 2. The van der Waals surface area contributed by atoms with Crippen molar-refractivity contribution in [2.75, 3.05) is 12.4 Å². The molecule has 0 aliphatic rings. The quantitative estimate of drug-likeness (QED) is 0.766. The average Bonchev–Trinajstić information content (AvgIpc) is 2.48. The second-order valence-electron chi connectivity index (χ2n) is 4.71. The van der Waals surface area contributed by atoms with Crippen molar-refractivity contribution in [2.45, 2.75) is 6.92 Å². The van der Waals surface area contributed by atoms with Gasteiger partial charge in [-0.2, -0.15) is 0 Å². The number of hydrogen-bond acceptors (Lipinski definition) is 3. The number of nitrogens with one attached hydrogen (secondary N) is 1. The Morgan fingerprint density at radius 3 is 2.75 bits per heavy atom. The molecule has 0 radical (unpaired) electrons. The number of methoxy groups -OCH3 is 1. The molecule has 0 atom stereocenters. The number of rotatable bonds is 3. The van der Waals surface area contributed by atoms with Gasteiger partial charge in [0.15, 0.2) is 0 Å². The molecule has 1 N–H and O–H groups in total. The highest BCUT2D eigenvalue weighted by atomic mass is 16.5. The van der Waals surface area contributed by atoms with E-state index in [2.05, 4.69) is 28.5 Å². The van der Waals surface area contributed by atoms with Crippen LogP contribution in [0.2, 0.25) is 0 Å². The maximum atomic E-state index is 5.25. The predicted molar refractivity (Wildman–Crippen MR) is 82.8 cm³/mol. The van der Waals surface area contributed by atoms with Crippen molar-refractivity contribution in [3.63, 3.8) is 0 Å². The van der Waals surface area contributed by atoms with Crippen LogP contribution in [0.3, 0.4) is 0 Å². The molecule has 0 unspecified atom stereocenters. The Kier molecular flexibility index (Phi) is 3.25. The first-order valence-corrected chi connectivity index (χ1v) is 6.53. The van der Waals surface area contributed by atoms with Gasteiger partial charge in [0.05, 0.1) is 7.11 Å². The molecule has 0 spiro atoms. The number of pyridine rings is 1. The normalized spacial score (nSPS) is 10.5. The zero-order valence-corrected chi connectivity index (χ0v) is 11.6. The zero-order valence-electron chi connectivity index (χ0n) is 11.6. The maximum Gasteiger partial charge on any atom is 0.120 e. The molecular formula is C17H16N2O. The molecule has 3 nitrogen and oxygen atoms in total. The van der Waals surface area contributed by atoms with Crippen molar-refractivity contribution in [1.82, 2.24) is 4.98 Å². The summed E-state index contributed by atoms with van der Waals surface area (Å²) in [5.74, 6) is 0.841. The number of fused-ring (bicyclic) bond motifs is 1. The smallest absolute Gasteiger partial charge is 0.120 e. The van der Waals surface area contributed by atoms with Crippen molar-refractivity contribution in [2.24, 2.45) is 0 Å². The summed E-state index contributed by atoms with van der Waals surface area (Å²) in [6, 6.07) is 16.2. The summed E-state index contributed by atoms with van der Waals surface area (Å²) in [5.41, 5.74) is 3.09. The molecule has 3 aromatic rings. The first-order valence-electron chi connectivity index (χ1n) is 6.53. The van der Waals surface area contributed by atoms with E-state index in [1.807, 2.05) is 43.5 Å². The van der Waals surface area contributed by atoms with Crippen LogP contribution in [0.1, 0.15) is 5.69 Å². The minimum absolute atomic E-state index is 0.841. The lowest BCUT2D eigenvalue weighted by Gasteiger charge is -2.11. The molecule has 0 saturated heterocycles. The molecule has 0 fully saturated rings. The van der Waals surface area contributed by atoms with Crippen LogP contribution < -0.4 is 10.1 Å². The summed E-state index contributed by atoms with van der Waals surface area (Å²) < 4.78 is 5.25. The number of nitrogens with zero attached hydrogens (tertiary/aromatic N) is 1. The molecule has 100 valence electrons. The Labute approximate surface area is 118 Å². The van der Waals surface area contributed by atoms with E-state index in [-0.39, 0.29) is 0 Å². The highest BCUT2D eigenvalue weighted by Crippen LogP contribution is 2.27. The highest BCUT2D eigenvalue weighted by molar-refractivity contribution is 5.95. The van der Waals surface area contributed by atoms with E-state index < -0.39 is 0 Å². The molecule has 3 heteroatoms. The van der Waals surface area contributed by atoms with Gasteiger partial charge in [-0.05, 0) is 31.2 Å². The lowest BCUT2D eigenvalue weighted by atomic mass is 10.1. The van der Waals surface area contributed by atoms with Gasteiger partial charge in [0.2, 0.25) is 0 Å². The molecule has 0 bridgehead atoms. The second kappa shape index (κ2) is 5.21. The topological polar surface area (TPSA) is 34.1 Å². The van der Waals surface area contributed by atoms with Crippen LogP contribution in [-0.2, 0) is 0 Å². The third-order valence-corrected chi connectivity index (χ3v) is 3.25. The summed E-state index contributed by atoms with van der Waals surface area (Å²) in [7, 11) is 1.67. The van der Waals surface area contributed by atoms with Crippen LogP contribution >= 0.6 is 0 Å². The fourth-order valence-electron chi connectivity index (χ4n) is 2.24. The van der Waals surface area contributed by atoms with Gasteiger partial charge in [0.25, 0.3) is 0 Å². The fraction of sp³-hybridized carbons (Fsp3) is 0.118. The third kappa shape index (κ3) is 2.43. The monoisotopic (exact) mass is 264 g/mol. The van der Waals surface area contributed by atoms with Gasteiger partial charge in [-0.25, -0.2) is 0 Å². The summed E-state index contributed by atoms with van der Waals surface area (Å²) in [5, 5.41) is 5.74. The van der Waals surface area contributed by atoms with Crippen molar-refractivity contribution >= 4 is 22.1 Å². The Morgan fingerprint density at radius 1 is 1.05 bits per heavy atom. The van der Waals surface area contributed by atoms with Crippen LogP contribution in [0.25, 0.3) is 10.8 Å². The molecule has 0 amide bonds. The number of hydrogen-bond donors (Lipinski definition) is 1. The lowest BCUT2D eigenvalue weighted by Crippen LogP contribution is -1.93. The Hall–Kier alpha value is -2.55. The van der Waals surface area contributed by atoms with E-state index >= 15 is 0 Å². The second-order valence-corrected chi connectivity index (χ2v) is 4.71. The van der Waals surface area contributed by atoms with Gasteiger partial charge in [-0.1, -0.05) is 18.2 Å². The summed E-state index contributed by atoms with van der Waals surface area (Å²) in [4.78, 5) is 4.34. The summed E-state index contributed by atoms with van der Waals surface area (Å²) in [6.07, 6.45) is 1.90. The van der Waals surface area contributed by atoms with Crippen LogP contribution in [0.5, 0.6) is 5.75 Å². The SMILES string of the molecule is COc1cccc(Nc2cccc3cnc(C)cc23)c1. The molecular weight excluding hydrogens is 248 g/mol. The van der Waals surface area contributed by atoms with Gasteiger partial charge in [-0.15, -0.1) is 0 Å². The molecule has 1 heterocycles. The predicted octanol–water partition coefficient (Wildman–Crippen LogP) is 4.30. The standard InChI is InChI=1S/C17H16N2O/c1-12-9-16-13(11-18-12)5-3-8-17(16)19-14-6-4-7-15(10-14)20-2/h3-11,19H,1-2H3. The highest BCUT2D eigenvalue weighted by Gasteiger charge is 2.03. The van der Waals surface area contributed by atoms with E-state index in [9.17, 15) is 0 Å². The number of aromatic nitrogens is 1. The van der Waals surface area contributed by atoms with Crippen molar-refractivity contribution < 1.29 is 4.74 Å². The molecule has 0 aliphatic carbocycles. The molecule has 2 aromatic carbocycles. The molecule has 20 heavy (non-hydrogen) atoms. The van der Waals surface area contributed by atoms with Gasteiger partial charge < -0.3 is 10.1 Å². The van der Waals surface area contributed by atoms with Crippen molar-refractivity contribution in [3.8, 4) is 5.75 Å². The van der Waals surface area contributed by atoms with Crippen LogP contribution in [0.4, 0.5) is 11.4 Å². The summed E-state index contributed by atoms with van der Waals surface area (Å²) in [6.45, 7) is 2.00. The lowest BCUT2D eigenvalue weighted by molar-refractivity contribution is 0.415. The van der Waals surface area contributed by atoms with Gasteiger partial charge in [0, 0.05) is 40.1 Å². The van der Waals surface area contributed by atoms with Gasteiger partial charge in [0.1, 0.15) is 5.75 Å². The van der Waals surface area contributed by atoms with Gasteiger partial charge >= 0.3 is 0 Å². The summed E-state index contributed by atoms with van der Waals surface area (Å²) >= 11 is 0. The fourth-order valence-corrected chi connectivity index (χ4v) is 2.24. The maximum absolute atomic E-state index is 5.25. The minimum atomic E-state index is 0.841. The van der Waals surface area contributed by atoms with E-state index in [1.54, 1.807) is 7.11 Å². The molecule has 1 aromatic heterocycles.